The Morgan fingerprint density at radius 1 is 1.43 bits per heavy atom. The fourth-order valence-corrected chi connectivity index (χ4v) is 2.20. The third kappa shape index (κ3) is 1.08. The van der Waals surface area contributed by atoms with Gasteiger partial charge in [-0.1, -0.05) is 0 Å². The normalized spacial score (nSPS) is 31.1. The fourth-order valence-electron chi connectivity index (χ4n) is 2.20. The van der Waals surface area contributed by atoms with E-state index in [1.807, 2.05) is 19.1 Å². The fraction of sp³-hybridized carbons (Fsp3) is 0.545. The van der Waals surface area contributed by atoms with Crippen LogP contribution in [0.4, 0.5) is 0 Å². The first-order valence-electron chi connectivity index (χ1n) is 5.12. The standard InChI is InChI=1S/C11H13NO2/c1-6-2-5-8(14-6)10-9(7-3-4-7)11(13)12-10/h2,5,7,9-10H,3-4H2,1H3,(H,12,13). The van der Waals surface area contributed by atoms with Crippen molar-refractivity contribution in [3.63, 3.8) is 0 Å². The van der Waals surface area contributed by atoms with E-state index in [0.29, 0.717) is 5.92 Å². The SMILES string of the molecule is Cc1ccc(C2NC(=O)C2C2CC2)o1. The van der Waals surface area contributed by atoms with Crippen molar-refractivity contribution in [1.29, 1.82) is 0 Å². The molecule has 0 bridgehead atoms. The molecule has 3 heteroatoms. The second-order valence-corrected chi connectivity index (χ2v) is 4.30. The van der Waals surface area contributed by atoms with Gasteiger partial charge < -0.3 is 9.73 Å². The molecule has 1 aromatic heterocycles. The predicted octanol–water partition coefficient (Wildman–Crippen LogP) is 1.79. The van der Waals surface area contributed by atoms with Gasteiger partial charge in [0, 0.05) is 0 Å². The van der Waals surface area contributed by atoms with Crippen molar-refractivity contribution in [2.45, 2.75) is 25.8 Å². The largest absolute Gasteiger partial charge is 0.464 e. The molecule has 0 spiro atoms. The first kappa shape index (κ1) is 8.09. The van der Waals surface area contributed by atoms with Crippen LogP contribution in [-0.4, -0.2) is 5.91 Å². The lowest BCUT2D eigenvalue weighted by Gasteiger charge is -2.35. The van der Waals surface area contributed by atoms with Crippen LogP contribution >= 0.6 is 0 Å². The summed E-state index contributed by atoms with van der Waals surface area (Å²) in [5.41, 5.74) is 0. The van der Waals surface area contributed by atoms with Crippen LogP contribution in [0.15, 0.2) is 16.5 Å². The molecule has 2 fully saturated rings. The van der Waals surface area contributed by atoms with Crippen molar-refractivity contribution < 1.29 is 9.21 Å². The summed E-state index contributed by atoms with van der Waals surface area (Å²) >= 11 is 0. The molecule has 14 heavy (non-hydrogen) atoms. The molecule has 0 radical (unpaired) electrons. The first-order valence-corrected chi connectivity index (χ1v) is 5.12. The Kier molecular flexibility index (Phi) is 1.52. The molecule has 1 aliphatic heterocycles. The van der Waals surface area contributed by atoms with Gasteiger partial charge in [0.2, 0.25) is 5.91 Å². The molecule has 0 aromatic carbocycles. The second-order valence-electron chi connectivity index (χ2n) is 4.30. The molecule has 1 saturated heterocycles. The first-order chi connectivity index (χ1) is 6.75. The van der Waals surface area contributed by atoms with Crippen molar-refractivity contribution in [2.24, 2.45) is 11.8 Å². The van der Waals surface area contributed by atoms with Crippen LogP contribution in [0.1, 0.15) is 30.4 Å². The summed E-state index contributed by atoms with van der Waals surface area (Å²) in [6, 6.07) is 4.06. The number of rotatable bonds is 2. The van der Waals surface area contributed by atoms with E-state index in [1.165, 1.54) is 12.8 Å². The highest BCUT2D eigenvalue weighted by atomic mass is 16.3. The van der Waals surface area contributed by atoms with Gasteiger partial charge >= 0.3 is 0 Å². The monoisotopic (exact) mass is 191 g/mol. The molecule has 3 rings (SSSR count). The molecular formula is C11H13NO2. The van der Waals surface area contributed by atoms with Gasteiger partial charge in [-0.3, -0.25) is 4.79 Å². The molecule has 1 saturated carbocycles. The number of β-lactam (4-membered cyclic amide) rings is 1. The van der Waals surface area contributed by atoms with Crippen LogP contribution in [-0.2, 0) is 4.79 Å². The van der Waals surface area contributed by atoms with E-state index in [4.69, 9.17) is 4.42 Å². The van der Waals surface area contributed by atoms with Crippen LogP contribution in [0.25, 0.3) is 0 Å². The Hall–Kier alpha value is -1.25. The molecule has 1 aliphatic carbocycles. The van der Waals surface area contributed by atoms with Crippen LogP contribution < -0.4 is 5.32 Å². The van der Waals surface area contributed by atoms with Gasteiger partial charge in [0.05, 0.1) is 12.0 Å². The summed E-state index contributed by atoms with van der Waals surface area (Å²) in [5.74, 6) is 2.82. The molecule has 1 N–H and O–H groups in total. The Morgan fingerprint density at radius 3 is 2.71 bits per heavy atom. The third-order valence-corrected chi connectivity index (χ3v) is 3.16. The highest BCUT2D eigenvalue weighted by Crippen LogP contribution is 2.47. The van der Waals surface area contributed by atoms with E-state index in [2.05, 4.69) is 5.32 Å². The number of hydrogen-bond acceptors (Lipinski definition) is 2. The number of amides is 1. The molecule has 1 aromatic rings. The van der Waals surface area contributed by atoms with Gasteiger partial charge in [-0.2, -0.15) is 0 Å². The second kappa shape index (κ2) is 2.62. The smallest absolute Gasteiger partial charge is 0.226 e. The Morgan fingerprint density at radius 2 is 2.21 bits per heavy atom. The average Bonchev–Trinajstić information content (AvgIpc) is 2.84. The van der Waals surface area contributed by atoms with Crippen molar-refractivity contribution >= 4 is 5.91 Å². The molecule has 2 aliphatic rings. The third-order valence-electron chi connectivity index (χ3n) is 3.16. The van der Waals surface area contributed by atoms with E-state index in [-0.39, 0.29) is 17.9 Å². The molecule has 2 heterocycles. The molecule has 2 unspecified atom stereocenters. The van der Waals surface area contributed by atoms with Gasteiger partial charge in [-0.15, -0.1) is 0 Å². The maximum Gasteiger partial charge on any atom is 0.226 e. The maximum absolute atomic E-state index is 11.3. The Labute approximate surface area is 82.5 Å². The Bertz CT molecular complexity index is 378. The van der Waals surface area contributed by atoms with E-state index in [0.717, 1.165) is 11.5 Å². The van der Waals surface area contributed by atoms with Gasteiger partial charge in [-0.05, 0) is 37.8 Å². The minimum absolute atomic E-state index is 0.142. The summed E-state index contributed by atoms with van der Waals surface area (Å²) in [6.07, 6.45) is 2.41. The van der Waals surface area contributed by atoms with E-state index < -0.39 is 0 Å². The zero-order valence-corrected chi connectivity index (χ0v) is 8.12. The van der Waals surface area contributed by atoms with Gasteiger partial charge in [0.15, 0.2) is 0 Å². The highest BCUT2D eigenvalue weighted by Gasteiger charge is 2.50. The Balaban J connectivity index is 1.82. The van der Waals surface area contributed by atoms with Crippen LogP contribution in [0.3, 0.4) is 0 Å². The van der Waals surface area contributed by atoms with E-state index in [1.54, 1.807) is 0 Å². The molecular weight excluding hydrogens is 178 g/mol. The lowest BCUT2D eigenvalue weighted by Crippen LogP contribution is -2.52. The topological polar surface area (TPSA) is 42.2 Å². The van der Waals surface area contributed by atoms with Crippen molar-refractivity contribution in [2.75, 3.05) is 0 Å². The van der Waals surface area contributed by atoms with Crippen LogP contribution in [0.2, 0.25) is 0 Å². The zero-order chi connectivity index (χ0) is 9.71. The number of carbonyl (C=O) groups is 1. The predicted molar refractivity (Wildman–Crippen MR) is 50.5 cm³/mol. The average molecular weight is 191 g/mol. The number of aryl methyl sites for hydroxylation is 1. The summed E-state index contributed by atoms with van der Waals surface area (Å²) in [6.45, 7) is 1.93. The van der Waals surface area contributed by atoms with Gasteiger partial charge in [0.1, 0.15) is 11.5 Å². The molecule has 1 amide bonds. The van der Waals surface area contributed by atoms with Gasteiger partial charge in [0.25, 0.3) is 0 Å². The molecule has 3 nitrogen and oxygen atoms in total. The number of nitrogens with one attached hydrogen (secondary N) is 1. The quantitative estimate of drug-likeness (QED) is 0.724. The number of furan rings is 1. The molecule has 2 atom stereocenters. The van der Waals surface area contributed by atoms with Crippen molar-refractivity contribution in [3.8, 4) is 0 Å². The van der Waals surface area contributed by atoms with Crippen LogP contribution in [0.5, 0.6) is 0 Å². The van der Waals surface area contributed by atoms with E-state index in [9.17, 15) is 4.79 Å². The number of carbonyl (C=O) groups excluding carboxylic acids is 1. The van der Waals surface area contributed by atoms with Crippen molar-refractivity contribution in [3.05, 3.63) is 23.7 Å². The number of hydrogen-bond donors (Lipinski definition) is 1. The van der Waals surface area contributed by atoms with Crippen molar-refractivity contribution in [1.82, 2.24) is 5.32 Å². The van der Waals surface area contributed by atoms with E-state index >= 15 is 0 Å². The summed E-state index contributed by atoms with van der Waals surface area (Å²) in [4.78, 5) is 11.3. The highest BCUT2D eigenvalue weighted by molar-refractivity contribution is 5.86. The van der Waals surface area contributed by atoms with Gasteiger partial charge in [-0.25, -0.2) is 0 Å². The maximum atomic E-state index is 11.3. The minimum atomic E-state index is 0.142. The summed E-state index contributed by atoms with van der Waals surface area (Å²) in [7, 11) is 0. The summed E-state index contributed by atoms with van der Waals surface area (Å²) < 4.78 is 5.53. The lowest BCUT2D eigenvalue weighted by molar-refractivity contribution is -0.137. The lowest BCUT2D eigenvalue weighted by atomic mass is 9.84. The zero-order valence-electron chi connectivity index (χ0n) is 8.12. The summed E-state index contributed by atoms with van der Waals surface area (Å²) in [5, 5.41) is 2.91. The minimum Gasteiger partial charge on any atom is -0.464 e. The van der Waals surface area contributed by atoms with Crippen LogP contribution in [0, 0.1) is 18.8 Å². The molecule has 74 valence electrons.